The lowest BCUT2D eigenvalue weighted by Crippen LogP contribution is -2.51. The average molecular weight is 356 g/mol. The number of para-hydroxylation sites is 1. The molecule has 1 aliphatic carbocycles. The number of hydrogen-bond donors (Lipinski definition) is 0. The van der Waals surface area contributed by atoms with Crippen LogP contribution >= 0.6 is 0 Å². The molecule has 1 aliphatic heterocycles. The lowest BCUT2D eigenvalue weighted by molar-refractivity contribution is -0.156. The number of benzene rings is 1. The summed E-state index contributed by atoms with van der Waals surface area (Å²) >= 11 is 0. The van der Waals surface area contributed by atoms with E-state index in [4.69, 9.17) is 14.7 Å². The Kier molecular flexibility index (Phi) is 6.11. The Morgan fingerprint density at radius 3 is 2.73 bits per heavy atom. The molecule has 0 bridgehead atoms. The molecule has 0 N–H and O–H groups in total. The maximum absolute atomic E-state index is 12.5. The van der Waals surface area contributed by atoms with Gasteiger partial charge in [0.1, 0.15) is 11.8 Å². The fourth-order valence-corrected chi connectivity index (χ4v) is 4.02. The van der Waals surface area contributed by atoms with Crippen LogP contribution in [0.15, 0.2) is 24.3 Å². The second-order valence-electron chi connectivity index (χ2n) is 6.90. The lowest BCUT2D eigenvalue weighted by Gasteiger charge is -2.44. The number of carbonyl (C=O) groups excluding carboxylic acids is 2. The van der Waals surface area contributed by atoms with E-state index in [0.29, 0.717) is 23.3 Å². The van der Waals surface area contributed by atoms with E-state index in [1.807, 2.05) is 11.0 Å². The summed E-state index contributed by atoms with van der Waals surface area (Å²) in [5, 5.41) is 9.00. The molecular weight excluding hydrogens is 332 g/mol. The first kappa shape index (κ1) is 18.2. The molecular formula is C20H24N2O4. The molecule has 1 saturated heterocycles. The molecule has 1 aromatic carbocycles. The van der Waals surface area contributed by atoms with E-state index in [9.17, 15) is 9.59 Å². The second kappa shape index (κ2) is 8.70. The topological polar surface area (TPSA) is 79.6 Å². The highest BCUT2D eigenvalue weighted by atomic mass is 16.6. The number of hydrogen-bond acceptors (Lipinski definition) is 5. The Hall–Kier alpha value is -2.55. The smallest absolute Gasteiger partial charge is 0.344 e. The third-order valence-electron chi connectivity index (χ3n) is 5.27. The second-order valence-corrected chi connectivity index (χ2v) is 6.90. The Balaban J connectivity index is 1.46. The van der Waals surface area contributed by atoms with Crippen molar-refractivity contribution in [3.63, 3.8) is 0 Å². The van der Waals surface area contributed by atoms with E-state index in [-0.39, 0.29) is 19.1 Å². The van der Waals surface area contributed by atoms with Crippen LogP contribution < -0.4 is 4.74 Å². The average Bonchev–Trinajstić information content (AvgIpc) is 2.70. The van der Waals surface area contributed by atoms with E-state index in [0.717, 1.165) is 25.8 Å². The predicted octanol–water partition coefficient (Wildman–Crippen LogP) is 2.66. The van der Waals surface area contributed by atoms with Gasteiger partial charge < -0.3 is 14.4 Å². The van der Waals surface area contributed by atoms with Crippen molar-refractivity contribution >= 4 is 11.9 Å². The summed E-state index contributed by atoms with van der Waals surface area (Å²) in [5.74, 6) is 0.206. The van der Waals surface area contributed by atoms with E-state index in [2.05, 4.69) is 0 Å². The van der Waals surface area contributed by atoms with Crippen LogP contribution in [0.1, 0.15) is 44.1 Å². The summed E-state index contributed by atoms with van der Waals surface area (Å²) in [5.41, 5.74) is 0.355. The van der Waals surface area contributed by atoms with Gasteiger partial charge in [-0.15, -0.1) is 0 Å². The molecule has 1 heterocycles. The molecule has 0 aromatic heterocycles. The Morgan fingerprint density at radius 1 is 1.12 bits per heavy atom. The van der Waals surface area contributed by atoms with Gasteiger partial charge in [0.2, 0.25) is 0 Å². The van der Waals surface area contributed by atoms with E-state index in [1.54, 1.807) is 24.3 Å². The minimum Gasteiger partial charge on any atom is -0.481 e. The zero-order chi connectivity index (χ0) is 18.4. The number of fused-ring (bicyclic) bond motifs is 1. The van der Waals surface area contributed by atoms with Gasteiger partial charge in [0.05, 0.1) is 5.56 Å². The van der Waals surface area contributed by atoms with Gasteiger partial charge in [-0.05, 0) is 43.7 Å². The summed E-state index contributed by atoms with van der Waals surface area (Å²) in [6, 6.07) is 8.99. The van der Waals surface area contributed by atoms with Crippen LogP contribution in [0.5, 0.6) is 5.75 Å². The van der Waals surface area contributed by atoms with Crippen LogP contribution in [0.2, 0.25) is 0 Å². The number of carbonyl (C=O) groups is 2. The zero-order valence-electron chi connectivity index (χ0n) is 14.9. The maximum atomic E-state index is 12.5. The van der Waals surface area contributed by atoms with Crippen LogP contribution in [0, 0.1) is 17.2 Å². The van der Waals surface area contributed by atoms with Crippen molar-refractivity contribution < 1.29 is 19.1 Å². The van der Waals surface area contributed by atoms with Crippen molar-refractivity contribution in [2.45, 2.75) is 44.6 Å². The van der Waals surface area contributed by atoms with Crippen molar-refractivity contribution in [2.75, 3.05) is 19.8 Å². The normalized spacial score (nSPS) is 22.0. The summed E-state index contributed by atoms with van der Waals surface area (Å²) < 4.78 is 10.4. The molecule has 0 unspecified atom stereocenters. The summed E-state index contributed by atoms with van der Waals surface area (Å²) in [6.45, 7) is 0.187. The van der Waals surface area contributed by atoms with Crippen molar-refractivity contribution in [2.24, 2.45) is 5.92 Å². The van der Waals surface area contributed by atoms with Crippen LogP contribution in [-0.4, -0.2) is 42.6 Å². The molecule has 3 rings (SSSR count). The maximum Gasteiger partial charge on any atom is 0.344 e. The van der Waals surface area contributed by atoms with Gasteiger partial charge >= 0.3 is 5.97 Å². The van der Waals surface area contributed by atoms with E-state index in [1.165, 1.54) is 19.3 Å². The number of nitriles is 1. The minimum absolute atomic E-state index is 0.118. The molecule has 26 heavy (non-hydrogen) atoms. The number of amides is 1. The van der Waals surface area contributed by atoms with E-state index < -0.39 is 5.97 Å². The first-order valence-electron chi connectivity index (χ1n) is 9.26. The molecule has 1 amide bonds. The van der Waals surface area contributed by atoms with Crippen LogP contribution in [0.4, 0.5) is 0 Å². The largest absolute Gasteiger partial charge is 0.481 e. The highest BCUT2D eigenvalue weighted by Gasteiger charge is 2.35. The Bertz CT molecular complexity index is 695. The number of nitrogens with zero attached hydrogens (tertiary/aromatic N) is 2. The number of rotatable bonds is 5. The lowest BCUT2D eigenvalue weighted by atomic mass is 9.78. The predicted molar refractivity (Wildman–Crippen MR) is 94.3 cm³/mol. The number of ether oxygens (including phenoxy) is 2. The van der Waals surface area contributed by atoms with Crippen molar-refractivity contribution in [3.8, 4) is 11.8 Å². The van der Waals surface area contributed by atoms with Gasteiger partial charge in [0, 0.05) is 12.6 Å². The van der Waals surface area contributed by atoms with Crippen molar-refractivity contribution in [1.82, 2.24) is 4.90 Å². The number of piperidine rings is 1. The number of esters is 1. The Labute approximate surface area is 153 Å². The Morgan fingerprint density at radius 2 is 1.88 bits per heavy atom. The monoisotopic (exact) mass is 356 g/mol. The fraction of sp³-hybridized carbons (Fsp3) is 0.550. The molecule has 2 fully saturated rings. The third kappa shape index (κ3) is 4.34. The molecule has 6 heteroatoms. The molecule has 6 nitrogen and oxygen atoms in total. The molecule has 0 spiro atoms. The van der Waals surface area contributed by atoms with Crippen LogP contribution in [-0.2, 0) is 14.3 Å². The first-order valence-corrected chi connectivity index (χ1v) is 9.26. The summed E-state index contributed by atoms with van der Waals surface area (Å²) in [6.07, 6.45) is 6.88. The summed E-state index contributed by atoms with van der Waals surface area (Å²) in [7, 11) is 0. The van der Waals surface area contributed by atoms with Gasteiger partial charge in [-0.1, -0.05) is 25.0 Å². The van der Waals surface area contributed by atoms with Crippen molar-refractivity contribution in [3.05, 3.63) is 29.8 Å². The molecule has 1 aromatic rings. The molecule has 1 saturated carbocycles. The van der Waals surface area contributed by atoms with Crippen LogP contribution in [0.25, 0.3) is 0 Å². The van der Waals surface area contributed by atoms with Gasteiger partial charge in [0.15, 0.2) is 13.2 Å². The van der Waals surface area contributed by atoms with E-state index >= 15 is 0 Å². The quantitative estimate of drug-likeness (QED) is 0.758. The third-order valence-corrected chi connectivity index (χ3v) is 5.27. The van der Waals surface area contributed by atoms with Gasteiger partial charge in [-0.25, -0.2) is 4.79 Å². The minimum atomic E-state index is -0.608. The first-order chi connectivity index (χ1) is 12.7. The van der Waals surface area contributed by atoms with Gasteiger partial charge in [-0.2, -0.15) is 5.26 Å². The summed E-state index contributed by atoms with van der Waals surface area (Å²) in [4.78, 5) is 26.3. The molecule has 2 aliphatic rings. The molecule has 138 valence electrons. The van der Waals surface area contributed by atoms with Crippen molar-refractivity contribution in [1.29, 1.82) is 5.26 Å². The highest BCUT2D eigenvalue weighted by molar-refractivity contribution is 5.81. The van der Waals surface area contributed by atoms with Gasteiger partial charge in [-0.3, -0.25) is 4.79 Å². The zero-order valence-corrected chi connectivity index (χ0v) is 14.9. The fourth-order valence-electron chi connectivity index (χ4n) is 4.02. The highest BCUT2D eigenvalue weighted by Crippen LogP contribution is 2.35. The number of likely N-dealkylation sites (tertiary alicyclic amines) is 1. The SMILES string of the molecule is N#Cc1ccccc1OCC(=O)OCC(=O)N1CCC[C@@H]2CCCC[C@@H]21. The van der Waals surface area contributed by atoms with Gasteiger partial charge in [0.25, 0.3) is 5.91 Å². The van der Waals surface area contributed by atoms with Crippen LogP contribution in [0.3, 0.4) is 0 Å². The standard InChI is InChI=1S/C20H24N2O4/c21-12-16-7-2-4-10-18(16)25-14-20(24)26-13-19(23)22-11-5-8-15-6-1-3-9-17(15)22/h2,4,7,10,15,17H,1,3,5-6,8-9,11,13-14H2/t15-,17-/m0/s1. The molecule has 0 radical (unpaired) electrons. The molecule has 2 atom stereocenters.